The molecular weight excluding hydrogens is 444 g/mol. The molecule has 186 valence electrons. The average molecular weight is 479 g/mol. The Balaban J connectivity index is 1.38. The summed E-state index contributed by atoms with van der Waals surface area (Å²) >= 11 is 0. The van der Waals surface area contributed by atoms with E-state index in [0.717, 1.165) is 28.7 Å². The molecule has 0 aromatic heterocycles. The van der Waals surface area contributed by atoms with Crippen LogP contribution in [-0.4, -0.2) is 41.3 Å². The highest BCUT2D eigenvalue weighted by molar-refractivity contribution is 5.84. The molecule has 35 heavy (non-hydrogen) atoms. The minimum atomic E-state index is -1.16. The van der Waals surface area contributed by atoms with Crippen LogP contribution in [0, 0.1) is 11.3 Å². The maximum atomic E-state index is 13.1. The van der Waals surface area contributed by atoms with Crippen molar-refractivity contribution in [1.82, 2.24) is 10.6 Å². The summed E-state index contributed by atoms with van der Waals surface area (Å²) in [5, 5.41) is 15.4. The number of benzene rings is 2. The van der Waals surface area contributed by atoms with Gasteiger partial charge < -0.3 is 20.5 Å². The zero-order valence-corrected chi connectivity index (χ0v) is 20.8. The molecule has 2 amide bonds. The monoisotopic (exact) mass is 478 g/mol. The lowest BCUT2D eigenvalue weighted by Crippen LogP contribution is -2.59. The van der Waals surface area contributed by atoms with E-state index in [1.807, 2.05) is 24.3 Å². The third-order valence-electron chi connectivity index (χ3n) is 8.03. The summed E-state index contributed by atoms with van der Waals surface area (Å²) in [6, 6.07) is 16.0. The summed E-state index contributed by atoms with van der Waals surface area (Å²) in [6.45, 7) is 6.82. The molecule has 2 atom stereocenters. The average Bonchev–Trinajstić information content (AvgIpc) is 3.39. The van der Waals surface area contributed by atoms with Crippen LogP contribution < -0.4 is 10.6 Å². The van der Waals surface area contributed by atoms with Crippen LogP contribution in [0.1, 0.15) is 64.0 Å². The highest BCUT2D eigenvalue weighted by Gasteiger charge is 2.46. The Morgan fingerprint density at radius 1 is 0.943 bits per heavy atom. The summed E-state index contributed by atoms with van der Waals surface area (Å²) in [5.41, 5.74) is 2.49. The number of nitrogens with one attached hydrogen (secondary N) is 2. The first kappa shape index (κ1) is 24.8. The fourth-order valence-electron chi connectivity index (χ4n) is 5.06. The predicted octanol–water partition coefficient (Wildman–Crippen LogP) is 4.70. The van der Waals surface area contributed by atoms with Gasteiger partial charge in [0.15, 0.2) is 0 Å². The maximum absolute atomic E-state index is 13.1. The number of carbonyl (C=O) groups excluding carboxylic acids is 2. The predicted molar refractivity (Wildman–Crippen MR) is 133 cm³/mol. The van der Waals surface area contributed by atoms with Gasteiger partial charge in [0, 0.05) is 17.5 Å². The van der Waals surface area contributed by atoms with E-state index in [-0.39, 0.29) is 24.5 Å². The Bertz CT molecular complexity index is 1090. The second kappa shape index (κ2) is 9.36. The molecular formula is C28H34N2O5. The lowest BCUT2D eigenvalue weighted by Gasteiger charge is -2.39. The van der Waals surface area contributed by atoms with Gasteiger partial charge in [0.05, 0.1) is 11.3 Å². The number of fused-ring (bicyclic) bond motifs is 3. The summed E-state index contributed by atoms with van der Waals surface area (Å²) < 4.78 is 5.66. The fourth-order valence-corrected chi connectivity index (χ4v) is 5.06. The van der Waals surface area contributed by atoms with Gasteiger partial charge in [-0.2, -0.15) is 0 Å². The summed E-state index contributed by atoms with van der Waals surface area (Å²) in [5.74, 6) is -1.69. The maximum Gasteiger partial charge on any atom is 0.407 e. The third kappa shape index (κ3) is 4.64. The SMILES string of the molecule is CC(C)(NC(=O)[C@H]1CCC[C@H]1NC(=O)OCC1c2ccccc2-c2ccccc21)C(C)(C)C(=O)O. The lowest BCUT2D eigenvalue weighted by atomic mass is 9.74. The summed E-state index contributed by atoms with van der Waals surface area (Å²) in [7, 11) is 0. The number of aliphatic carboxylic acids is 1. The molecule has 7 heteroatoms. The van der Waals surface area contributed by atoms with Crippen molar-refractivity contribution in [3.05, 3.63) is 59.7 Å². The quantitative estimate of drug-likeness (QED) is 0.535. The molecule has 0 aliphatic heterocycles. The normalized spacial score (nSPS) is 19.5. The molecule has 0 unspecified atom stereocenters. The highest BCUT2D eigenvalue weighted by atomic mass is 16.5. The van der Waals surface area contributed by atoms with Crippen LogP contribution >= 0.6 is 0 Å². The number of carboxylic acids is 1. The molecule has 7 nitrogen and oxygen atoms in total. The molecule has 0 radical (unpaired) electrons. The molecule has 4 rings (SSSR count). The first-order chi connectivity index (χ1) is 16.5. The van der Waals surface area contributed by atoms with Gasteiger partial charge in [0.2, 0.25) is 5.91 Å². The van der Waals surface area contributed by atoms with Crippen LogP contribution in [0.25, 0.3) is 11.1 Å². The van der Waals surface area contributed by atoms with Crippen LogP contribution in [0.15, 0.2) is 48.5 Å². The summed E-state index contributed by atoms with van der Waals surface area (Å²) in [4.78, 5) is 37.5. The van der Waals surface area contributed by atoms with Gasteiger partial charge in [-0.3, -0.25) is 9.59 Å². The van der Waals surface area contributed by atoms with Crippen LogP contribution in [0.3, 0.4) is 0 Å². The molecule has 2 aliphatic carbocycles. The van der Waals surface area contributed by atoms with Crippen molar-refractivity contribution in [3.8, 4) is 11.1 Å². The number of alkyl carbamates (subject to hydrolysis) is 1. The van der Waals surface area contributed by atoms with E-state index in [1.54, 1.807) is 27.7 Å². The van der Waals surface area contributed by atoms with Crippen molar-refractivity contribution in [1.29, 1.82) is 0 Å². The Morgan fingerprint density at radius 3 is 2.09 bits per heavy atom. The van der Waals surface area contributed by atoms with Crippen molar-refractivity contribution in [2.24, 2.45) is 11.3 Å². The highest BCUT2D eigenvalue weighted by Crippen LogP contribution is 2.44. The molecule has 0 spiro atoms. The number of rotatable bonds is 7. The van der Waals surface area contributed by atoms with Crippen molar-refractivity contribution in [3.63, 3.8) is 0 Å². The van der Waals surface area contributed by atoms with Gasteiger partial charge in [-0.1, -0.05) is 55.0 Å². The van der Waals surface area contributed by atoms with Gasteiger partial charge in [-0.25, -0.2) is 4.79 Å². The molecule has 1 fully saturated rings. The Morgan fingerprint density at radius 2 is 1.51 bits per heavy atom. The zero-order chi connectivity index (χ0) is 25.4. The van der Waals surface area contributed by atoms with Crippen molar-refractivity contribution < 1.29 is 24.2 Å². The van der Waals surface area contributed by atoms with Gasteiger partial charge in [-0.15, -0.1) is 0 Å². The van der Waals surface area contributed by atoms with Crippen LogP contribution in [0.5, 0.6) is 0 Å². The smallest absolute Gasteiger partial charge is 0.407 e. The van der Waals surface area contributed by atoms with Crippen molar-refractivity contribution >= 4 is 18.0 Å². The van der Waals surface area contributed by atoms with E-state index < -0.39 is 28.9 Å². The van der Waals surface area contributed by atoms with Crippen LogP contribution in [0.4, 0.5) is 4.79 Å². The lowest BCUT2D eigenvalue weighted by molar-refractivity contribution is -0.152. The standard InChI is InChI=1S/C28H34N2O5/c1-27(2,25(32)33)28(3,4)30-24(31)21-14-9-15-23(21)29-26(34)35-16-22-19-12-7-5-10-17(19)18-11-6-8-13-20(18)22/h5-8,10-13,21-23H,9,14-16H2,1-4H3,(H,29,34)(H,30,31)(H,32,33)/t21-,23+/m0/s1. The topological polar surface area (TPSA) is 105 Å². The number of amides is 2. The van der Waals surface area contributed by atoms with E-state index in [9.17, 15) is 19.5 Å². The number of carbonyl (C=O) groups is 3. The Labute approximate surface area is 206 Å². The van der Waals surface area contributed by atoms with Gasteiger partial charge in [0.25, 0.3) is 0 Å². The number of carboxylic acid groups (broad SMARTS) is 1. The number of hydrogen-bond acceptors (Lipinski definition) is 4. The minimum absolute atomic E-state index is 0.0325. The first-order valence-corrected chi connectivity index (χ1v) is 12.2. The van der Waals surface area contributed by atoms with Crippen molar-refractivity contribution in [2.45, 2.75) is 64.5 Å². The molecule has 2 aromatic carbocycles. The number of hydrogen-bond donors (Lipinski definition) is 3. The fraction of sp³-hybridized carbons (Fsp3) is 0.464. The first-order valence-electron chi connectivity index (χ1n) is 12.2. The van der Waals surface area contributed by atoms with E-state index in [1.165, 1.54) is 0 Å². The van der Waals surface area contributed by atoms with Gasteiger partial charge in [-0.05, 0) is 62.8 Å². The largest absolute Gasteiger partial charge is 0.481 e. The third-order valence-corrected chi connectivity index (χ3v) is 8.03. The second-order valence-electron chi connectivity index (χ2n) is 10.7. The molecule has 0 saturated heterocycles. The second-order valence-corrected chi connectivity index (χ2v) is 10.7. The Hall–Kier alpha value is -3.35. The number of ether oxygens (including phenoxy) is 1. The molecule has 1 saturated carbocycles. The van der Waals surface area contributed by atoms with Gasteiger partial charge in [0.1, 0.15) is 6.61 Å². The minimum Gasteiger partial charge on any atom is -0.481 e. The molecule has 0 heterocycles. The van der Waals surface area contributed by atoms with Crippen molar-refractivity contribution in [2.75, 3.05) is 6.61 Å². The van der Waals surface area contributed by atoms with Crippen LogP contribution in [-0.2, 0) is 14.3 Å². The van der Waals surface area contributed by atoms with E-state index in [2.05, 4.69) is 34.9 Å². The van der Waals surface area contributed by atoms with Gasteiger partial charge >= 0.3 is 12.1 Å². The van der Waals surface area contributed by atoms with E-state index in [0.29, 0.717) is 12.8 Å². The Kier molecular flexibility index (Phi) is 6.62. The van der Waals surface area contributed by atoms with E-state index >= 15 is 0 Å². The molecule has 3 N–H and O–H groups in total. The zero-order valence-electron chi connectivity index (χ0n) is 20.8. The molecule has 0 bridgehead atoms. The molecule has 2 aromatic rings. The van der Waals surface area contributed by atoms with Crippen LogP contribution in [0.2, 0.25) is 0 Å². The summed E-state index contributed by atoms with van der Waals surface area (Å²) in [6.07, 6.45) is 1.56. The molecule has 2 aliphatic rings. The van der Waals surface area contributed by atoms with E-state index in [4.69, 9.17) is 4.74 Å².